The number of hydrogen-bond donors (Lipinski definition) is 0. The number of nitrogens with zero attached hydrogens (tertiary/aromatic N) is 3. The Morgan fingerprint density at radius 3 is 2.95 bits per heavy atom. The molecule has 2 aliphatic heterocycles. The van der Waals surface area contributed by atoms with E-state index < -0.39 is 0 Å². The third kappa shape index (κ3) is 2.66. The Morgan fingerprint density at radius 2 is 2.25 bits per heavy atom. The van der Waals surface area contributed by atoms with Crippen LogP contribution in [0.2, 0.25) is 0 Å². The van der Waals surface area contributed by atoms with E-state index in [-0.39, 0.29) is 0 Å². The summed E-state index contributed by atoms with van der Waals surface area (Å²) in [7, 11) is 0. The molecule has 1 aromatic heterocycles. The fourth-order valence-electron chi connectivity index (χ4n) is 3.77. The van der Waals surface area contributed by atoms with Crippen molar-refractivity contribution in [2.75, 3.05) is 19.6 Å². The van der Waals surface area contributed by atoms with Gasteiger partial charge in [0.15, 0.2) is 0 Å². The highest BCUT2D eigenvalue weighted by atomic mass is 32.1. The SMILES string of the molecule is CCc1cnc(C(C)N2CC3CCCN3CC2CC)s1. The van der Waals surface area contributed by atoms with Gasteiger partial charge >= 0.3 is 0 Å². The van der Waals surface area contributed by atoms with Gasteiger partial charge in [-0.25, -0.2) is 4.98 Å². The molecule has 2 saturated heterocycles. The summed E-state index contributed by atoms with van der Waals surface area (Å²) in [5, 5.41) is 1.31. The number of aryl methyl sites for hydroxylation is 1. The highest BCUT2D eigenvalue weighted by Gasteiger charge is 2.38. The maximum atomic E-state index is 4.68. The van der Waals surface area contributed by atoms with Gasteiger partial charge in [0.1, 0.15) is 5.01 Å². The Balaban J connectivity index is 1.76. The number of hydrogen-bond acceptors (Lipinski definition) is 4. The van der Waals surface area contributed by atoms with Crippen LogP contribution in [0.3, 0.4) is 0 Å². The molecule has 0 aliphatic carbocycles. The first kappa shape index (κ1) is 14.5. The molecule has 0 amide bonds. The molecule has 0 radical (unpaired) electrons. The highest BCUT2D eigenvalue weighted by Crippen LogP contribution is 2.33. The summed E-state index contributed by atoms with van der Waals surface area (Å²) < 4.78 is 0. The second-order valence-electron chi connectivity index (χ2n) is 6.24. The van der Waals surface area contributed by atoms with Gasteiger partial charge in [0.05, 0.1) is 6.04 Å². The predicted molar refractivity (Wildman–Crippen MR) is 85.3 cm³/mol. The van der Waals surface area contributed by atoms with E-state index in [4.69, 9.17) is 0 Å². The Hall–Kier alpha value is -0.450. The number of rotatable bonds is 4. The molecule has 1 aromatic rings. The molecule has 2 fully saturated rings. The van der Waals surface area contributed by atoms with Crippen LogP contribution in [0.5, 0.6) is 0 Å². The molecular formula is C16H27N3S. The molecule has 4 heteroatoms. The van der Waals surface area contributed by atoms with Crippen LogP contribution < -0.4 is 0 Å². The van der Waals surface area contributed by atoms with E-state index >= 15 is 0 Å². The van der Waals surface area contributed by atoms with E-state index in [0.29, 0.717) is 12.1 Å². The second kappa shape index (κ2) is 6.12. The van der Waals surface area contributed by atoms with E-state index in [1.165, 1.54) is 48.8 Å². The van der Waals surface area contributed by atoms with Crippen LogP contribution in [0, 0.1) is 0 Å². The van der Waals surface area contributed by atoms with E-state index in [2.05, 4.69) is 41.8 Å². The lowest BCUT2D eigenvalue weighted by atomic mass is 10.0. The van der Waals surface area contributed by atoms with Crippen LogP contribution >= 0.6 is 11.3 Å². The topological polar surface area (TPSA) is 19.4 Å². The zero-order valence-corrected chi connectivity index (χ0v) is 13.8. The second-order valence-corrected chi connectivity index (χ2v) is 7.39. The van der Waals surface area contributed by atoms with Crippen molar-refractivity contribution in [3.8, 4) is 0 Å². The quantitative estimate of drug-likeness (QED) is 0.849. The third-order valence-corrected chi connectivity index (χ3v) is 6.39. The first-order valence-corrected chi connectivity index (χ1v) is 8.99. The number of thiazole rings is 1. The highest BCUT2D eigenvalue weighted by molar-refractivity contribution is 7.11. The summed E-state index contributed by atoms with van der Waals surface area (Å²) in [5.74, 6) is 0. The summed E-state index contributed by atoms with van der Waals surface area (Å²) in [6.07, 6.45) is 7.21. The standard InChI is InChI=1S/C16H27N3S/c1-4-13-10-18-8-6-7-14(18)11-19(13)12(3)16-17-9-15(5-2)20-16/h9,12-14H,4-8,10-11H2,1-3H3. The molecule has 3 heterocycles. The third-order valence-electron chi connectivity index (χ3n) is 5.08. The first-order chi connectivity index (χ1) is 9.72. The lowest BCUT2D eigenvalue weighted by Crippen LogP contribution is -2.56. The van der Waals surface area contributed by atoms with Gasteiger partial charge in [-0.1, -0.05) is 13.8 Å². The maximum absolute atomic E-state index is 4.68. The van der Waals surface area contributed by atoms with Gasteiger partial charge in [0, 0.05) is 36.2 Å². The Labute approximate surface area is 127 Å². The zero-order valence-electron chi connectivity index (χ0n) is 13.0. The Bertz CT molecular complexity index is 445. The van der Waals surface area contributed by atoms with Crippen LogP contribution in [0.25, 0.3) is 0 Å². The minimum absolute atomic E-state index is 0.480. The molecule has 0 N–H and O–H groups in total. The first-order valence-electron chi connectivity index (χ1n) is 8.17. The van der Waals surface area contributed by atoms with Gasteiger partial charge in [-0.2, -0.15) is 0 Å². The molecule has 3 unspecified atom stereocenters. The van der Waals surface area contributed by atoms with Crippen molar-refractivity contribution in [3.63, 3.8) is 0 Å². The van der Waals surface area contributed by atoms with E-state index in [1.807, 2.05) is 11.3 Å². The average Bonchev–Trinajstić information content (AvgIpc) is 3.13. The van der Waals surface area contributed by atoms with Crippen LogP contribution in [0.15, 0.2) is 6.20 Å². The normalized spacial score (nSPS) is 29.6. The predicted octanol–water partition coefficient (Wildman–Crippen LogP) is 3.33. The van der Waals surface area contributed by atoms with E-state index in [9.17, 15) is 0 Å². The number of piperazine rings is 1. The molecule has 3 rings (SSSR count). The van der Waals surface area contributed by atoms with Gasteiger partial charge < -0.3 is 0 Å². The van der Waals surface area contributed by atoms with E-state index in [1.54, 1.807) is 0 Å². The molecule has 2 aliphatic rings. The lowest BCUT2D eigenvalue weighted by Gasteiger charge is -2.45. The lowest BCUT2D eigenvalue weighted by molar-refractivity contribution is 0.0227. The van der Waals surface area contributed by atoms with Crippen molar-refractivity contribution in [3.05, 3.63) is 16.1 Å². The van der Waals surface area contributed by atoms with Crippen LogP contribution in [0.4, 0.5) is 0 Å². The molecule has 3 nitrogen and oxygen atoms in total. The zero-order chi connectivity index (χ0) is 14.1. The van der Waals surface area contributed by atoms with Gasteiger partial charge in [-0.3, -0.25) is 9.80 Å². The van der Waals surface area contributed by atoms with Gasteiger partial charge in [-0.05, 0) is 39.2 Å². The molecular weight excluding hydrogens is 266 g/mol. The van der Waals surface area contributed by atoms with Crippen LogP contribution in [0.1, 0.15) is 56.0 Å². The summed E-state index contributed by atoms with van der Waals surface area (Å²) >= 11 is 1.91. The van der Waals surface area contributed by atoms with Crippen molar-refractivity contribution < 1.29 is 0 Å². The number of aromatic nitrogens is 1. The minimum atomic E-state index is 0.480. The molecule has 0 saturated carbocycles. The van der Waals surface area contributed by atoms with Crippen molar-refractivity contribution in [2.24, 2.45) is 0 Å². The van der Waals surface area contributed by atoms with Gasteiger partial charge in [0.25, 0.3) is 0 Å². The van der Waals surface area contributed by atoms with E-state index in [0.717, 1.165) is 12.5 Å². The maximum Gasteiger partial charge on any atom is 0.110 e. The Kier molecular flexibility index (Phi) is 4.43. The molecule has 0 bridgehead atoms. The molecule has 3 atom stereocenters. The van der Waals surface area contributed by atoms with Crippen LogP contribution in [-0.2, 0) is 6.42 Å². The van der Waals surface area contributed by atoms with Gasteiger partial charge in [-0.15, -0.1) is 11.3 Å². The Morgan fingerprint density at radius 1 is 1.40 bits per heavy atom. The molecule has 0 spiro atoms. The monoisotopic (exact) mass is 293 g/mol. The molecule has 112 valence electrons. The summed E-state index contributed by atoms with van der Waals surface area (Å²) in [5.41, 5.74) is 0. The molecule has 0 aromatic carbocycles. The fourth-order valence-corrected chi connectivity index (χ4v) is 4.70. The minimum Gasteiger partial charge on any atom is -0.298 e. The van der Waals surface area contributed by atoms with Crippen molar-refractivity contribution in [1.82, 2.24) is 14.8 Å². The van der Waals surface area contributed by atoms with Crippen LogP contribution in [-0.4, -0.2) is 46.5 Å². The molecule has 20 heavy (non-hydrogen) atoms. The van der Waals surface area contributed by atoms with Crippen molar-refractivity contribution >= 4 is 11.3 Å². The summed E-state index contributed by atoms with van der Waals surface area (Å²) in [6, 6.07) is 1.98. The van der Waals surface area contributed by atoms with Gasteiger partial charge in [0.2, 0.25) is 0 Å². The average molecular weight is 293 g/mol. The smallest absolute Gasteiger partial charge is 0.110 e. The number of fused-ring (bicyclic) bond motifs is 1. The fraction of sp³-hybridized carbons (Fsp3) is 0.812. The largest absolute Gasteiger partial charge is 0.298 e. The summed E-state index contributed by atoms with van der Waals surface area (Å²) in [4.78, 5) is 11.5. The summed E-state index contributed by atoms with van der Waals surface area (Å²) in [6.45, 7) is 10.7. The van der Waals surface area contributed by atoms with Crippen molar-refractivity contribution in [1.29, 1.82) is 0 Å². The van der Waals surface area contributed by atoms with Crippen molar-refractivity contribution in [2.45, 2.75) is 64.6 Å².